The first-order valence-corrected chi connectivity index (χ1v) is 7.55. The van der Waals surface area contributed by atoms with Crippen LogP contribution in [-0.4, -0.2) is 26.8 Å². The van der Waals surface area contributed by atoms with E-state index in [9.17, 15) is 4.39 Å². The van der Waals surface area contributed by atoms with Crippen molar-refractivity contribution in [3.8, 4) is 0 Å². The number of halogens is 1. The van der Waals surface area contributed by atoms with Crippen molar-refractivity contribution in [3.05, 3.63) is 29.6 Å². The third kappa shape index (κ3) is 2.83. The molecule has 0 bridgehead atoms. The Kier molecular flexibility index (Phi) is 3.98. The van der Waals surface area contributed by atoms with E-state index >= 15 is 0 Å². The Morgan fingerprint density at radius 3 is 3.05 bits per heavy atom. The van der Waals surface area contributed by atoms with Gasteiger partial charge in [-0.1, -0.05) is 19.1 Å². The van der Waals surface area contributed by atoms with Crippen molar-refractivity contribution >= 4 is 11.8 Å². The Balaban J connectivity index is 1.87. The van der Waals surface area contributed by atoms with Crippen LogP contribution >= 0.6 is 11.8 Å². The molecule has 1 heterocycles. The molecule has 0 atom stereocenters. The molecule has 0 radical (unpaired) electrons. The highest BCUT2D eigenvalue weighted by Gasteiger charge is 2.28. The highest BCUT2D eigenvalue weighted by atomic mass is 32.2. The molecule has 5 nitrogen and oxygen atoms in total. The smallest absolute Gasteiger partial charge is 0.214 e. The van der Waals surface area contributed by atoms with Gasteiger partial charge in [0.2, 0.25) is 5.16 Å². The summed E-state index contributed by atoms with van der Waals surface area (Å²) >= 11 is 1.30. The molecule has 20 heavy (non-hydrogen) atoms. The molecule has 7 heteroatoms. The van der Waals surface area contributed by atoms with Crippen molar-refractivity contribution in [2.24, 2.45) is 0 Å². The number of hydrogen-bond acceptors (Lipinski definition) is 5. The monoisotopic (exact) mass is 293 g/mol. The number of hydrogen-bond donors (Lipinski definition) is 1. The first kappa shape index (κ1) is 13.5. The summed E-state index contributed by atoms with van der Waals surface area (Å²) in [5, 5.41) is 15.6. The molecule has 0 aliphatic heterocycles. The van der Waals surface area contributed by atoms with Crippen LogP contribution in [0.25, 0.3) is 0 Å². The van der Waals surface area contributed by atoms with Gasteiger partial charge in [0.15, 0.2) is 0 Å². The number of nitrogens with one attached hydrogen (secondary N) is 1. The fraction of sp³-hybridized carbons (Fsp3) is 0.462. The summed E-state index contributed by atoms with van der Waals surface area (Å²) in [4.78, 5) is 0.602. The normalized spacial score (nSPS) is 14.7. The van der Waals surface area contributed by atoms with Crippen molar-refractivity contribution in [3.63, 3.8) is 0 Å². The minimum Gasteiger partial charge on any atom is -0.313 e. The van der Waals surface area contributed by atoms with E-state index in [2.05, 4.69) is 20.8 Å². The molecule has 1 aliphatic rings. The standard InChI is InChI=1S/C13H16FN5S/c1-2-15-8-9-4-3-5-11(14)12(9)20-13-16-17-18-19(13)10-6-7-10/h3-5,10,15H,2,6-8H2,1H3. The number of tetrazole rings is 1. The van der Waals surface area contributed by atoms with Crippen LogP contribution in [0.1, 0.15) is 31.4 Å². The van der Waals surface area contributed by atoms with E-state index in [0.29, 0.717) is 22.6 Å². The molecule has 1 N–H and O–H groups in total. The Labute approximate surface area is 120 Å². The summed E-state index contributed by atoms with van der Waals surface area (Å²) in [5.74, 6) is -0.226. The van der Waals surface area contributed by atoms with E-state index in [1.165, 1.54) is 17.8 Å². The van der Waals surface area contributed by atoms with Crippen molar-refractivity contribution < 1.29 is 4.39 Å². The van der Waals surface area contributed by atoms with E-state index < -0.39 is 0 Å². The van der Waals surface area contributed by atoms with Gasteiger partial charge in [-0.05, 0) is 53.2 Å². The largest absolute Gasteiger partial charge is 0.313 e. The number of nitrogens with zero attached hydrogens (tertiary/aromatic N) is 4. The Hall–Kier alpha value is -1.47. The molecule has 1 aliphatic carbocycles. The van der Waals surface area contributed by atoms with Crippen molar-refractivity contribution in [2.75, 3.05) is 6.54 Å². The van der Waals surface area contributed by atoms with E-state index in [4.69, 9.17) is 0 Å². The van der Waals surface area contributed by atoms with E-state index in [-0.39, 0.29) is 5.82 Å². The third-order valence-corrected chi connectivity index (χ3v) is 4.28. The van der Waals surface area contributed by atoms with Gasteiger partial charge in [-0.2, -0.15) is 0 Å². The predicted octanol–water partition coefficient (Wildman–Crippen LogP) is 2.41. The number of rotatable bonds is 6. The molecule has 0 saturated heterocycles. The average molecular weight is 293 g/mol. The summed E-state index contributed by atoms with van der Waals surface area (Å²) in [6, 6.07) is 5.52. The maximum absolute atomic E-state index is 14.1. The minimum absolute atomic E-state index is 0.226. The zero-order chi connectivity index (χ0) is 13.9. The number of benzene rings is 1. The highest BCUT2D eigenvalue weighted by Crippen LogP contribution is 2.39. The van der Waals surface area contributed by atoms with E-state index in [1.54, 1.807) is 10.7 Å². The molecule has 0 amide bonds. The van der Waals surface area contributed by atoms with Crippen LogP contribution in [-0.2, 0) is 6.54 Å². The Morgan fingerprint density at radius 1 is 1.45 bits per heavy atom. The molecule has 2 aromatic rings. The molecule has 1 aromatic heterocycles. The molecule has 1 fully saturated rings. The molecule has 3 rings (SSSR count). The average Bonchev–Trinajstić information content (AvgIpc) is 3.19. The second-order valence-corrected chi connectivity index (χ2v) is 5.73. The van der Waals surface area contributed by atoms with Crippen molar-refractivity contribution in [1.29, 1.82) is 0 Å². The van der Waals surface area contributed by atoms with Gasteiger partial charge in [-0.15, -0.1) is 5.10 Å². The third-order valence-electron chi connectivity index (χ3n) is 3.16. The van der Waals surface area contributed by atoms with Crippen molar-refractivity contribution in [2.45, 2.75) is 42.4 Å². The summed E-state index contributed by atoms with van der Waals surface area (Å²) in [6.07, 6.45) is 2.19. The van der Waals surface area contributed by atoms with Crippen LogP contribution < -0.4 is 5.32 Å². The van der Waals surface area contributed by atoms with Gasteiger partial charge in [-0.3, -0.25) is 0 Å². The maximum Gasteiger partial charge on any atom is 0.214 e. The summed E-state index contributed by atoms with van der Waals surface area (Å²) in [6.45, 7) is 3.52. The van der Waals surface area contributed by atoms with Crippen LogP contribution in [0.5, 0.6) is 0 Å². The molecule has 1 saturated carbocycles. The Bertz CT molecular complexity index is 596. The lowest BCUT2D eigenvalue weighted by Gasteiger charge is -2.10. The van der Waals surface area contributed by atoms with Gasteiger partial charge in [0.05, 0.1) is 10.9 Å². The Morgan fingerprint density at radius 2 is 2.30 bits per heavy atom. The van der Waals surface area contributed by atoms with E-state index in [1.807, 2.05) is 13.0 Å². The van der Waals surface area contributed by atoms with Gasteiger partial charge < -0.3 is 5.32 Å². The van der Waals surface area contributed by atoms with Gasteiger partial charge >= 0.3 is 0 Å². The van der Waals surface area contributed by atoms with Crippen LogP contribution in [0, 0.1) is 5.82 Å². The van der Waals surface area contributed by atoms with Gasteiger partial charge in [-0.25, -0.2) is 9.07 Å². The molecule has 106 valence electrons. The minimum atomic E-state index is -0.226. The SMILES string of the molecule is CCNCc1cccc(F)c1Sc1nnnn1C1CC1. The predicted molar refractivity (Wildman–Crippen MR) is 74.0 cm³/mol. The first-order valence-electron chi connectivity index (χ1n) is 6.73. The summed E-state index contributed by atoms with van der Waals surface area (Å²) < 4.78 is 15.9. The topological polar surface area (TPSA) is 55.6 Å². The summed E-state index contributed by atoms with van der Waals surface area (Å²) in [7, 11) is 0. The van der Waals surface area contributed by atoms with Crippen molar-refractivity contribution in [1.82, 2.24) is 25.5 Å². The lowest BCUT2D eigenvalue weighted by molar-refractivity contribution is 0.562. The second kappa shape index (κ2) is 5.88. The summed E-state index contributed by atoms with van der Waals surface area (Å²) in [5.41, 5.74) is 0.933. The zero-order valence-electron chi connectivity index (χ0n) is 11.2. The lowest BCUT2D eigenvalue weighted by atomic mass is 10.2. The van der Waals surface area contributed by atoms with Gasteiger partial charge in [0.25, 0.3) is 0 Å². The molecule has 0 unspecified atom stereocenters. The van der Waals surface area contributed by atoms with Crippen LogP contribution in [0.3, 0.4) is 0 Å². The van der Waals surface area contributed by atoms with Gasteiger partial charge in [0, 0.05) is 6.54 Å². The quantitative estimate of drug-likeness (QED) is 0.886. The lowest BCUT2D eigenvalue weighted by Crippen LogP contribution is -2.13. The molecule has 1 aromatic carbocycles. The zero-order valence-corrected chi connectivity index (χ0v) is 12.0. The van der Waals surface area contributed by atoms with Crippen LogP contribution in [0.4, 0.5) is 4.39 Å². The van der Waals surface area contributed by atoms with E-state index in [0.717, 1.165) is 24.9 Å². The molecular weight excluding hydrogens is 277 g/mol. The van der Waals surface area contributed by atoms with Crippen LogP contribution in [0.15, 0.2) is 28.3 Å². The van der Waals surface area contributed by atoms with Crippen LogP contribution in [0.2, 0.25) is 0 Å². The first-order chi connectivity index (χ1) is 9.79. The molecule has 0 spiro atoms. The maximum atomic E-state index is 14.1. The molecular formula is C13H16FN5S. The second-order valence-electron chi connectivity index (χ2n) is 4.75. The van der Waals surface area contributed by atoms with Gasteiger partial charge in [0.1, 0.15) is 5.82 Å². The number of aromatic nitrogens is 4. The highest BCUT2D eigenvalue weighted by molar-refractivity contribution is 7.99. The fourth-order valence-electron chi connectivity index (χ4n) is 1.96. The fourth-order valence-corrected chi connectivity index (χ4v) is 2.93.